The molecule has 1 rings (SSSR count). The SMILES string of the molecule is COCCN(CCC(N)=S)c1ccc(F)cn1. The van der Waals surface area contributed by atoms with Crippen LogP contribution in [0.1, 0.15) is 6.42 Å². The molecule has 0 aliphatic carbocycles. The van der Waals surface area contributed by atoms with E-state index in [1.807, 2.05) is 4.90 Å². The molecule has 1 aromatic heterocycles. The van der Waals surface area contributed by atoms with E-state index in [1.54, 1.807) is 13.2 Å². The molecule has 0 bridgehead atoms. The lowest BCUT2D eigenvalue weighted by Crippen LogP contribution is -2.31. The van der Waals surface area contributed by atoms with E-state index in [0.29, 0.717) is 36.9 Å². The highest BCUT2D eigenvalue weighted by Crippen LogP contribution is 2.11. The zero-order valence-electron chi connectivity index (χ0n) is 9.73. The normalized spacial score (nSPS) is 10.2. The van der Waals surface area contributed by atoms with Crippen molar-refractivity contribution in [1.29, 1.82) is 0 Å². The molecule has 0 saturated carbocycles. The van der Waals surface area contributed by atoms with Crippen LogP contribution in [0, 0.1) is 5.82 Å². The standard InChI is InChI=1S/C11H16FN3OS/c1-16-7-6-15(5-4-10(13)17)11-3-2-9(12)8-14-11/h2-3,8H,4-7H2,1H3,(H2,13,17). The molecule has 2 N–H and O–H groups in total. The molecule has 0 atom stereocenters. The molecule has 0 aliphatic rings. The first-order valence-corrected chi connectivity index (χ1v) is 5.68. The number of rotatable bonds is 7. The van der Waals surface area contributed by atoms with Crippen LogP contribution in [0.5, 0.6) is 0 Å². The van der Waals surface area contributed by atoms with E-state index in [2.05, 4.69) is 4.98 Å². The average molecular weight is 257 g/mol. The summed E-state index contributed by atoms with van der Waals surface area (Å²) < 4.78 is 17.8. The number of anilines is 1. The smallest absolute Gasteiger partial charge is 0.141 e. The fraction of sp³-hybridized carbons (Fsp3) is 0.455. The Bertz CT molecular complexity index is 358. The van der Waals surface area contributed by atoms with Crippen LogP contribution in [-0.4, -0.2) is 36.8 Å². The summed E-state index contributed by atoms with van der Waals surface area (Å²) in [5.41, 5.74) is 5.46. The molecule has 0 fully saturated rings. The third kappa shape index (κ3) is 5.06. The molecule has 0 aliphatic heterocycles. The third-order valence-corrected chi connectivity index (χ3v) is 2.43. The van der Waals surface area contributed by atoms with Crippen molar-refractivity contribution >= 4 is 23.0 Å². The number of hydrogen-bond acceptors (Lipinski definition) is 4. The topological polar surface area (TPSA) is 51.4 Å². The Labute approximate surface area is 106 Å². The van der Waals surface area contributed by atoms with Gasteiger partial charge in [-0.05, 0) is 12.1 Å². The van der Waals surface area contributed by atoms with Crippen molar-refractivity contribution in [3.8, 4) is 0 Å². The Morgan fingerprint density at radius 2 is 2.29 bits per heavy atom. The van der Waals surface area contributed by atoms with Gasteiger partial charge < -0.3 is 15.4 Å². The molecule has 0 saturated heterocycles. The van der Waals surface area contributed by atoms with Crippen LogP contribution in [0.4, 0.5) is 10.2 Å². The Kier molecular flexibility index (Phi) is 5.79. The number of thiocarbonyl (C=S) groups is 1. The van der Waals surface area contributed by atoms with E-state index < -0.39 is 0 Å². The van der Waals surface area contributed by atoms with Crippen molar-refractivity contribution in [2.24, 2.45) is 5.73 Å². The van der Waals surface area contributed by atoms with Crippen molar-refractivity contribution in [3.05, 3.63) is 24.1 Å². The van der Waals surface area contributed by atoms with Gasteiger partial charge in [0.05, 0.1) is 17.8 Å². The molecule has 0 unspecified atom stereocenters. The highest BCUT2D eigenvalue weighted by molar-refractivity contribution is 7.80. The largest absolute Gasteiger partial charge is 0.393 e. The minimum Gasteiger partial charge on any atom is -0.393 e. The molecule has 1 heterocycles. The number of aromatic nitrogens is 1. The Morgan fingerprint density at radius 1 is 1.53 bits per heavy atom. The summed E-state index contributed by atoms with van der Waals surface area (Å²) in [5.74, 6) is 0.342. The molecular weight excluding hydrogens is 241 g/mol. The van der Waals surface area contributed by atoms with Gasteiger partial charge in [0.25, 0.3) is 0 Å². The first kappa shape index (κ1) is 13.8. The van der Waals surface area contributed by atoms with E-state index in [0.717, 1.165) is 0 Å². The van der Waals surface area contributed by atoms with Gasteiger partial charge in [0, 0.05) is 26.6 Å². The summed E-state index contributed by atoms with van der Waals surface area (Å²) in [7, 11) is 1.63. The predicted molar refractivity (Wildman–Crippen MR) is 69.7 cm³/mol. The number of pyridine rings is 1. The van der Waals surface area contributed by atoms with Gasteiger partial charge in [-0.2, -0.15) is 0 Å². The van der Waals surface area contributed by atoms with Gasteiger partial charge in [0.2, 0.25) is 0 Å². The number of nitrogens with zero attached hydrogens (tertiary/aromatic N) is 2. The summed E-state index contributed by atoms with van der Waals surface area (Å²) in [6.45, 7) is 1.88. The molecule has 0 amide bonds. The maximum atomic E-state index is 12.8. The highest BCUT2D eigenvalue weighted by atomic mass is 32.1. The second-order valence-electron chi connectivity index (χ2n) is 3.53. The minimum absolute atomic E-state index is 0.352. The number of nitrogens with two attached hydrogens (primary N) is 1. The van der Waals surface area contributed by atoms with Crippen molar-refractivity contribution in [2.75, 3.05) is 31.7 Å². The van der Waals surface area contributed by atoms with Gasteiger partial charge in [0.15, 0.2) is 0 Å². The second-order valence-corrected chi connectivity index (χ2v) is 4.06. The Hall–Kier alpha value is -1.27. The van der Waals surface area contributed by atoms with Crippen LogP contribution in [0.25, 0.3) is 0 Å². The lowest BCUT2D eigenvalue weighted by molar-refractivity contribution is 0.205. The molecule has 17 heavy (non-hydrogen) atoms. The first-order valence-electron chi connectivity index (χ1n) is 5.27. The van der Waals surface area contributed by atoms with Gasteiger partial charge >= 0.3 is 0 Å². The fourth-order valence-corrected chi connectivity index (χ4v) is 1.43. The van der Waals surface area contributed by atoms with Crippen LogP contribution in [0.3, 0.4) is 0 Å². The zero-order chi connectivity index (χ0) is 12.7. The first-order chi connectivity index (χ1) is 8.13. The Morgan fingerprint density at radius 3 is 2.82 bits per heavy atom. The van der Waals surface area contributed by atoms with Crippen LogP contribution in [0.2, 0.25) is 0 Å². The van der Waals surface area contributed by atoms with Crippen LogP contribution >= 0.6 is 12.2 Å². The van der Waals surface area contributed by atoms with E-state index in [9.17, 15) is 4.39 Å². The molecule has 94 valence electrons. The van der Waals surface area contributed by atoms with Crippen molar-refractivity contribution in [2.45, 2.75) is 6.42 Å². The monoisotopic (exact) mass is 257 g/mol. The Balaban J connectivity index is 2.67. The summed E-state index contributed by atoms with van der Waals surface area (Å²) in [6, 6.07) is 3.01. The summed E-state index contributed by atoms with van der Waals surface area (Å²) in [4.78, 5) is 6.43. The molecular formula is C11H16FN3OS. The number of halogens is 1. The van der Waals surface area contributed by atoms with Gasteiger partial charge in [-0.1, -0.05) is 12.2 Å². The summed E-state index contributed by atoms with van der Waals surface area (Å²) in [5, 5.41) is 0. The predicted octanol–water partition coefficient (Wildman–Crippen LogP) is 1.35. The van der Waals surface area contributed by atoms with Crippen molar-refractivity contribution < 1.29 is 9.13 Å². The maximum Gasteiger partial charge on any atom is 0.141 e. The maximum absolute atomic E-state index is 12.8. The van der Waals surface area contributed by atoms with E-state index in [-0.39, 0.29) is 5.82 Å². The van der Waals surface area contributed by atoms with Crippen LogP contribution < -0.4 is 10.6 Å². The third-order valence-electron chi connectivity index (χ3n) is 2.23. The molecule has 6 heteroatoms. The van der Waals surface area contributed by atoms with Gasteiger partial charge in [-0.3, -0.25) is 0 Å². The average Bonchev–Trinajstić information content (AvgIpc) is 2.30. The number of methoxy groups -OCH3 is 1. The zero-order valence-corrected chi connectivity index (χ0v) is 10.5. The van der Waals surface area contributed by atoms with E-state index in [1.165, 1.54) is 12.3 Å². The van der Waals surface area contributed by atoms with E-state index >= 15 is 0 Å². The number of hydrogen-bond donors (Lipinski definition) is 1. The van der Waals surface area contributed by atoms with Gasteiger partial charge in [-0.25, -0.2) is 9.37 Å². The highest BCUT2D eigenvalue weighted by Gasteiger charge is 2.08. The van der Waals surface area contributed by atoms with Crippen LogP contribution in [-0.2, 0) is 4.74 Å². The fourth-order valence-electron chi connectivity index (χ4n) is 1.34. The van der Waals surface area contributed by atoms with E-state index in [4.69, 9.17) is 22.7 Å². The summed E-state index contributed by atoms with van der Waals surface area (Å²) >= 11 is 4.84. The van der Waals surface area contributed by atoms with Crippen LogP contribution in [0.15, 0.2) is 18.3 Å². The van der Waals surface area contributed by atoms with Gasteiger partial charge in [0.1, 0.15) is 11.6 Å². The minimum atomic E-state index is -0.352. The molecule has 0 spiro atoms. The van der Waals surface area contributed by atoms with Crippen molar-refractivity contribution in [3.63, 3.8) is 0 Å². The lowest BCUT2D eigenvalue weighted by atomic mass is 10.3. The molecule has 1 aromatic rings. The molecule has 0 aromatic carbocycles. The second kappa shape index (κ2) is 7.13. The lowest BCUT2D eigenvalue weighted by Gasteiger charge is -2.23. The number of ether oxygens (including phenoxy) is 1. The summed E-state index contributed by atoms with van der Waals surface area (Å²) in [6.07, 6.45) is 1.79. The molecule has 0 radical (unpaired) electrons. The molecule has 4 nitrogen and oxygen atoms in total. The van der Waals surface area contributed by atoms with Crippen molar-refractivity contribution in [1.82, 2.24) is 4.98 Å². The quantitative estimate of drug-likeness (QED) is 0.747. The van der Waals surface area contributed by atoms with Gasteiger partial charge in [-0.15, -0.1) is 0 Å².